The van der Waals surface area contributed by atoms with E-state index in [2.05, 4.69) is 0 Å². The quantitative estimate of drug-likeness (QED) is 0.627. The summed E-state index contributed by atoms with van der Waals surface area (Å²) in [5, 5.41) is 20.2. The molecule has 1 saturated heterocycles. The molecular weight excluding hydrogens is 316 g/mol. The molecule has 1 aliphatic heterocycles. The number of hydrogen-bond donors (Lipinski definition) is 1. The van der Waals surface area contributed by atoms with E-state index in [9.17, 15) is 19.7 Å². The summed E-state index contributed by atoms with van der Waals surface area (Å²) in [5.74, 6) is -1.41. The minimum absolute atomic E-state index is 0.0966. The summed E-state index contributed by atoms with van der Waals surface area (Å²) < 4.78 is 5.24. The van der Waals surface area contributed by atoms with Crippen LogP contribution in [0.4, 0.5) is 5.69 Å². The van der Waals surface area contributed by atoms with E-state index in [0.29, 0.717) is 18.4 Å². The SMILES string of the molecule is CCc1ccc(C(=O)N2CC(OC)CC2CC(=O)O)cc1[N+](=O)[O-]. The first-order valence-electron chi connectivity index (χ1n) is 7.70. The molecule has 0 saturated carbocycles. The van der Waals surface area contributed by atoms with Crippen molar-refractivity contribution < 1.29 is 24.4 Å². The predicted molar refractivity (Wildman–Crippen MR) is 85.0 cm³/mol. The zero-order chi connectivity index (χ0) is 17.9. The van der Waals surface area contributed by atoms with Crippen LogP contribution in [0.15, 0.2) is 18.2 Å². The normalized spacial score (nSPS) is 20.2. The Kier molecular flexibility index (Phi) is 5.50. The number of aliphatic carboxylic acids is 1. The zero-order valence-electron chi connectivity index (χ0n) is 13.6. The average molecular weight is 336 g/mol. The van der Waals surface area contributed by atoms with E-state index in [1.807, 2.05) is 0 Å². The topological polar surface area (TPSA) is 110 Å². The van der Waals surface area contributed by atoms with Gasteiger partial charge in [0.25, 0.3) is 11.6 Å². The van der Waals surface area contributed by atoms with Crippen LogP contribution in [0.3, 0.4) is 0 Å². The third-order valence-corrected chi connectivity index (χ3v) is 4.29. The number of nitro groups is 1. The maximum Gasteiger partial charge on any atom is 0.305 e. The Bertz CT molecular complexity index is 660. The van der Waals surface area contributed by atoms with E-state index in [-0.39, 0.29) is 30.3 Å². The number of benzene rings is 1. The highest BCUT2D eigenvalue weighted by molar-refractivity contribution is 5.95. The van der Waals surface area contributed by atoms with Gasteiger partial charge in [-0.3, -0.25) is 19.7 Å². The number of rotatable bonds is 6. The molecule has 0 spiro atoms. The number of ether oxygens (including phenoxy) is 1. The van der Waals surface area contributed by atoms with E-state index in [1.54, 1.807) is 19.1 Å². The van der Waals surface area contributed by atoms with Crippen LogP contribution in [-0.2, 0) is 16.0 Å². The minimum Gasteiger partial charge on any atom is -0.481 e. The van der Waals surface area contributed by atoms with Crippen molar-refractivity contribution in [1.82, 2.24) is 4.90 Å². The molecule has 1 amide bonds. The number of aryl methyl sites for hydroxylation is 1. The molecule has 24 heavy (non-hydrogen) atoms. The van der Waals surface area contributed by atoms with Gasteiger partial charge >= 0.3 is 5.97 Å². The number of carboxylic acids is 1. The van der Waals surface area contributed by atoms with Crippen LogP contribution in [-0.4, -0.2) is 52.6 Å². The van der Waals surface area contributed by atoms with Crippen molar-refractivity contribution in [2.75, 3.05) is 13.7 Å². The zero-order valence-corrected chi connectivity index (χ0v) is 13.6. The van der Waals surface area contributed by atoms with Crippen LogP contribution in [0.5, 0.6) is 0 Å². The van der Waals surface area contributed by atoms with Crippen LogP contribution in [0.1, 0.15) is 35.7 Å². The van der Waals surface area contributed by atoms with Crippen molar-refractivity contribution in [2.45, 2.75) is 38.3 Å². The first-order chi connectivity index (χ1) is 11.4. The van der Waals surface area contributed by atoms with E-state index in [0.717, 1.165) is 0 Å². The summed E-state index contributed by atoms with van der Waals surface area (Å²) in [6, 6.07) is 3.90. The fraction of sp³-hybridized carbons (Fsp3) is 0.500. The molecule has 8 nitrogen and oxygen atoms in total. The molecule has 0 bridgehead atoms. The number of likely N-dealkylation sites (tertiary alicyclic amines) is 1. The number of nitro benzene ring substituents is 1. The molecule has 1 aromatic carbocycles. The van der Waals surface area contributed by atoms with E-state index in [4.69, 9.17) is 9.84 Å². The van der Waals surface area contributed by atoms with Crippen LogP contribution >= 0.6 is 0 Å². The van der Waals surface area contributed by atoms with Crippen molar-refractivity contribution in [3.63, 3.8) is 0 Å². The molecule has 1 fully saturated rings. The molecule has 1 aromatic rings. The number of carbonyl (C=O) groups is 2. The Morgan fingerprint density at radius 3 is 2.71 bits per heavy atom. The van der Waals surface area contributed by atoms with Crippen molar-refractivity contribution in [2.24, 2.45) is 0 Å². The second-order valence-electron chi connectivity index (χ2n) is 5.76. The monoisotopic (exact) mass is 336 g/mol. The number of carbonyl (C=O) groups excluding carboxylic acids is 1. The number of carboxylic acid groups (broad SMARTS) is 1. The lowest BCUT2D eigenvalue weighted by atomic mass is 10.1. The van der Waals surface area contributed by atoms with Gasteiger partial charge in [0.15, 0.2) is 0 Å². The number of amides is 1. The number of hydrogen-bond acceptors (Lipinski definition) is 5. The fourth-order valence-electron chi connectivity index (χ4n) is 3.02. The van der Waals surface area contributed by atoms with E-state index in [1.165, 1.54) is 18.1 Å². The maximum atomic E-state index is 12.7. The van der Waals surface area contributed by atoms with Gasteiger partial charge in [0, 0.05) is 36.9 Å². The molecule has 2 unspecified atom stereocenters. The van der Waals surface area contributed by atoms with E-state index < -0.39 is 22.8 Å². The Morgan fingerprint density at radius 1 is 1.46 bits per heavy atom. The van der Waals surface area contributed by atoms with E-state index >= 15 is 0 Å². The predicted octanol–water partition coefficient (Wildman–Crippen LogP) is 1.86. The van der Waals surface area contributed by atoms with Gasteiger partial charge in [-0.2, -0.15) is 0 Å². The summed E-state index contributed by atoms with van der Waals surface area (Å²) in [6.45, 7) is 2.08. The van der Waals surface area contributed by atoms with Gasteiger partial charge in [-0.05, 0) is 18.9 Å². The van der Waals surface area contributed by atoms with Crippen molar-refractivity contribution >= 4 is 17.6 Å². The number of nitrogens with zero attached hydrogens (tertiary/aromatic N) is 2. The third kappa shape index (κ3) is 3.70. The molecule has 0 aliphatic carbocycles. The van der Waals surface area contributed by atoms with Crippen LogP contribution < -0.4 is 0 Å². The van der Waals surface area contributed by atoms with Crippen LogP contribution in [0, 0.1) is 10.1 Å². The molecular formula is C16H20N2O6. The summed E-state index contributed by atoms with van der Waals surface area (Å²) in [6.07, 6.45) is 0.509. The Labute approximate surface area is 139 Å². The first kappa shape index (κ1) is 17.9. The Hall–Kier alpha value is -2.48. The van der Waals surface area contributed by atoms with Crippen molar-refractivity contribution in [3.8, 4) is 0 Å². The smallest absolute Gasteiger partial charge is 0.305 e. The molecule has 0 radical (unpaired) electrons. The maximum absolute atomic E-state index is 12.7. The van der Waals surface area contributed by atoms with Gasteiger partial charge in [0.2, 0.25) is 0 Å². The minimum atomic E-state index is -0.998. The second-order valence-corrected chi connectivity index (χ2v) is 5.76. The molecule has 1 heterocycles. The second kappa shape index (κ2) is 7.39. The van der Waals surface area contributed by atoms with Gasteiger partial charge in [-0.1, -0.05) is 13.0 Å². The lowest BCUT2D eigenvalue weighted by Crippen LogP contribution is -2.37. The summed E-state index contributed by atoms with van der Waals surface area (Å²) in [5.41, 5.74) is 0.640. The highest BCUT2D eigenvalue weighted by Gasteiger charge is 2.37. The third-order valence-electron chi connectivity index (χ3n) is 4.29. The lowest BCUT2D eigenvalue weighted by molar-refractivity contribution is -0.385. The van der Waals surface area contributed by atoms with Gasteiger partial charge in [-0.25, -0.2) is 0 Å². The van der Waals surface area contributed by atoms with Crippen LogP contribution in [0.25, 0.3) is 0 Å². The Balaban J connectivity index is 2.30. The standard InChI is InChI=1S/C16H20N2O6/c1-3-10-4-5-11(6-14(10)18(22)23)16(21)17-9-13(24-2)7-12(17)8-15(19)20/h4-6,12-13H,3,7-9H2,1-2H3,(H,19,20). The molecule has 0 aromatic heterocycles. The van der Waals surface area contributed by atoms with Gasteiger partial charge in [0.05, 0.1) is 17.4 Å². The average Bonchev–Trinajstić information content (AvgIpc) is 2.95. The first-order valence-corrected chi connectivity index (χ1v) is 7.70. The van der Waals surface area contributed by atoms with Gasteiger partial charge in [-0.15, -0.1) is 0 Å². The highest BCUT2D eigenvalue weighted by atomic mass is 16.6. The fourth-order valence-corrected chi connectivity index (χ4v) is 3.02. The Morgan fingerprint density at radius 2 is 2.17 bits per heavy atom. The van der Waals surface area contributed by atoms with Crippen LogP contribution in [0.2, 0.25) is 0 Å². The van der Waals surface area contributed by atoms with Crippen molar-refractivity contribution in [1.29, 1.82) is 0 Å². The van der Waals surface area contributed by atoms with Gasteiger partial charge in [0.1, 0.15) is 0 Å². The molecule has 8 heteroatoms. The largest absolute Gasteiger partial charge is 0.481 e. The van der Waals surface area contributed by atoms with Gasteiger partial charge < -0.3 is 14.7 Å². The molecule has 1 N–H and O–H groups in total. The summed E-state index contributed by atoms with van der Waals surface area (Å²) in [4.78, 5) is 35.8. The van der Waals surface area contributed by atoms with Crippen molar-refractivity contribution in [3.05, 3.63) is 39.4 Å². The molecule has 1 aliphatic rings. The molecule has 2 atom stereocenters. The molecule has 2 rings (SSSR count). The highest BCUT2D eigenvalue weighted by Crippen LogP contribution is 2.27. The summed E-state index contributed by atoms with van der Waals surface area (Å²) in [7, 11) is 1.51. The number of methoxy groups -OCH3 is 1. The summed E-state index contributed by atoms with van der Waals surface area (Å²) >= 11 is 0. The lowest BCUT2D eigenvalue weighted by Gasteiger charge is -2.23. The molecule has 130 valence electrons.